The van der Waals surface area contributed by atoms with E-state index < -0.39 is 0 Å². The zero-order chi connectivity index (χ0) is 12.0. The molecule has 1 aromatic rings. The lowest BCUT2D eigenvalue weighted by molar-refractivity contribution is -0.114. The minimum atomic E-state index is -0.142. The van der Waals surface area contributed by atoms with Crippen molar-refractivity contribution in [2.75, 3.05) is 11.9 Å². The van der Waals surface area contributed by atoms with Gasteiger partial charge in [-0.1, -0.05) is 13.0 Å². The molecule has 0 saturated heterocycles. The average molecular weight is 222 g/mol. The number of phenols is 1. The molecule has 16 heavy (non-hydrogen) atoms. The molecule has 0 spiro atoms. The van der Waals surface area contributed by atoms with E-state index in [1.165, 1.54) is 6.92 Å². The maximum atomic E-state index is 10.8. The number of anilines is 1. The van der Waals surface area contributed by atoms with E-state index in [1.54, 1.807) is 12.1 Å². The second kappa shape index (κ2) is 6.12. The van der Waals surface area contributed by atoms with Gasteiger partial charge in [-0.2, -0.15) is 0 Å². The van der Waals surface area contributed by atoms with Gasteiger partial charge in [-0.15, -0.1) is 0 Å². The van der Waals surface area contributed by atoms with Gasteiger partial charge in [-0.25, -0.2) is 0 Å². The molecule has 3 N–H and O–H groups in total. The van der Waals surface area contributed by atoms with E-state index in [9.17, 15) is 9.90 Å². The third-order valence-corrected chi connectivity index (χ3v) is 2.15. The van der Waals surface area contributed by atoms with Crippen LogP contribution in [0.25, 0.3) is 0 Å². The van der Waals surface area contributed by atoms with Gasteiger partial charge in [0.25, 0.3) is 0 Å². The summed E-state index contributed by atoms with van der Waals surface area (Å²) < 4.78 is 0. The quantitative estimate of drug-likeness (QED) is 0.666. The lowest BCUT2D eigenvalue weighted by Gasteiger charge is -2.08. The van der Waals surface area contributed by atoms with Crippen molar-refractivity contribution in [1.29, 1.82) is 0 Å². The number of carbonyl (C=O) groups is 1. The van der Waals surface area contributed by atoms with Crippen LogP contribution in [0.2, 0.25) is 0 Å². The van der Waals surface area contributed by atoms with E-state index >= 15 is 0 Å². The van der Waals surface area contributed by atoms with Gasteiger partial charge in [0.1, 0.15) is 5.75 Å². The Morgan fingerprint density at radius 3 is 2.75 bits per heavy atom. The van der Waals surface area contributed by atoms with Crippen LogP contribution >= 0.6 is 0 Å². The molecule has 1 aromatic carbocycles. The van der Waals surface area contributed by atoms with E-state index in [1.807, 2.05) is 6.07 Å². The summed E-state index contributed by atoms with van der Waals surface area (Å²) in [6, 6.07) is 5.15. The standard InChI is InChI=1S/C12H18N2O2/c1-3-6-13-8-10-4-5-11(7-12(10)16)14-9(2)15/h4-5,7,13,16H,3,6,8H2,1-2H3,(H,14,15). The van der Waals surface area contributed by atoms with Crippen LogP contribution in [0.1, 0.15) is 25.8 Å². The number of carbonyl (C=O) groups excluding carboxylic acids is 1. The first-order valence-corrected chi connectivity index (χ1v) is 5.43. The van der Waals surface area contributed by atoms with Gasteiger partial charge in [-0.05, 0) is 19.0 Å². The topological polar surface area (TPSA) is 61.4 Å². The molecule has 0 aliphatic heterocycles. The molecule has 0 bridgehead atoms. The first-order chi connectivity index (χ1) is 7.63. The van der Waals surface area contributed by atoms with Gasteiger partial charge in [0.2, 0.25) is 5.91 Å². The van der Waals surface area contributed by atoms with E-state index in [2.05, 4.69) is 17.6 Å². The van der Waals surface area contributed by atoms with Crippen LogP contribution in [0.15, 0.2) is 18.2 Å². The number of phenolic OH excluding ortho intramolecular Hbond substituents is 1. The number of hydrogen-bond donors (Lipinski definition) is 3. The van der Waals surface area contributed by atoms with Crippen molar-refractivity contribution in [3.05, 3.63) is 23.8 Å². The summed E-state index contributed by atoms with van der Waals surface area (Å²) in [5.74, 6) is 0.0612. The molecule has 0 aromatic heterocycles. The van der Waals surface area contributed by atoms with Crippen molar-refractivity contribution < 1.29 is 9.90 Å². The second-order valence-corrected chi connectivity index (χ2v) is 3.70. The molecule has 1 amide bonds. The van der Waals surface area contributed by atoms with Crippen LogP contribution in [0, 0.1) is 0 Å². The fraction of sp³-hybridized carbons (Fsp3) is 0.417. The van der Waals surface area contributed by atoms with Crippen LogP contribution in [0.5, 0.6) is 5.75 Å². The first-order valence-electron chi connectivity index (χ1n) is 5.43. The van der Waals surface area contributed by atoms with Crippen molar-refractivity contribution in [2.45, 2.75) is 26.8 Å². The maximum absolute atomic E-state index is 10.8. The summed E-state index contributed by atoms with van der Waals surface area (Å²) in [6.45, 7) is 5.09. The summed E-state index contributed by atoms with van der Waals surface area (Å²) in [5, 5.41) is 15.5. The highest BCUT2D eigenvalue weighted by molar-refractivity contribution is 5.88. The predicted octanol–water partition coefficient (Wildman–Crippen LogP) is 1.85. The van der Waals surface area contributed by atoms with Crippen molar-refractivity contribution in [3.8, 4) is 5.75 Å². The highest BCUT2D eigenvalue weighted by atomic mass is 16.3. The largest absolute Gasteiger partial charge is 0.508 e. The smallest absolute Gasteiger partial charge is 0.221 e. The van der Waals surface area contributed by atoms with Crippen LogP contribution in [-0.2, 0) is 11.3 Å². The predicted molar refractivity (Wildman–Crippen MR) is 64.4 cm³/mol. The Labute approximate surface area is 95.7 Å². The monoisotopic (exact) mass is 222 g/mol. The summed E-state index contributed by atoms with van der Waals surface area (Å²) in [4.78, 5) is 10.8. The van der Waals surface area contributed by atoms with E-state index in [-0.39, 0.29) is 11.7 Å². The van der Waals surface area contributed by atoms with Crippen LogP contribution in [0.3, 0.4) is 0 Å². The number of benzene rings is 1. The van der Waals surface area contributed by atoms with Crippen molar-refractivity contribution >= 4 is 11.6 Å². The van der Waals surface area contributed by atoms with Crippen LogP contribution < -0.4 is 10.6 Å². The average Bonchev–Trinajstić information content (AvgIpc) is 2.20. The number of nitrogens with one attached hydrogen (secondary N) is 2. The lowest BCUT2D eigenvalue weighted by atomic mass is 10.1. The van der Waals surface area contributed by atoms with Crippen molar-refractivity contribution in [3.63, 3.8) is 0 Å². The minimum absolute atomic E-state index is 0.142. The Morgan fingerprint density at radius 2 is 2.19 bits per heavy atom. The molecule has 0 aliphatic rings. The van der Waals surface area contributed by atoms with Gasteiger partial charge in [-0.3, -0.25) is 4.79 Å². The summed E-state index contributed by atoms with van der Waals surface area (Å²) in [7, 11) is 0. The number of rotatable bonds is 5. The molecule has 1 rings (SSSR count). The minimum Gasteiger partial charge on any atom is -0.508 e. The van der Waals surface area contributed by atoms with E-state index in [0.29, 0.717) is 12.2 Å². The van der Waals surface area contributed by atoms with Gasteiger partial charge in [0.05, 0.1) is 0 Å². The first kappa shape index (κ1) is 12.5. The Hall–Kier alpha value is -1.55. The zero-order valence-electron chi connectivity index (χ0n) is 9.71. The van der Waals surface area contributed by atoms with Gasteiger partial charge < -0.3 is 15.7 Å². The molecule has 0 fully saturated rings. The fourth-order valence-electron chi connectivity index (χ4n) is 1.39. The zero-order valence-corrected chi connectivity index (χ0v) is 9.71. The Balaban J connectivity index is 2.64. The molecule has 0 radical (unpaired) electrons. The summed E-state index contributed by atoms with van der Waals surface area (Å²) >= 11 is 0. The molecule has 88 valence electrons. The van der Waals surface area contributed by atoms with Crippen molar-refractivity contribution in [1.82, 2.24) is 5.32 Å². The Morgan fingerprint density at radius 1 is 1.44 bits per heavy atom. The number of hydrogen-bond acceptors (Lipinski definition) is 3. The normalized spacial score (nSPS) is 10.1. The third-order valence-electron chi connectivity index (χ3n) is 2.15. The molecular formula is C12H18N2O2. The molecule has 4 nitrogen and oxygen atoms in total. The van der Waals surface area contributed by atoms with Crippen LogP contribution in [-0.4, -0.2) is 17.6 Å². The highest BCUT2D eigenvalue weighted by Gasteiger charge is 2.03. The number of amides is 1. The Bertz CT molecular complexity index is 364. The maximum Gasteiger partial charge on any atom is 0.221 e. The van der Waals surface area contributed by atoms with E-state index in [0.717, 1.165) is 18.5 Å². The summed E-state index contributed by atoms with van der Waals surface area (Å²) in [6.07, 6.45) is 1.06. The second-order valence-electron chi connectivity index (χ2n) is 3.70. The molecule has 0 heterocycles. The molecule has 0 aliphatic carbocycles. The Kier molecular flexibility index (Phi) is 4.79. The third kappa shape index (κ3) is 3.90. The highest BCUT2D eigenvalue weighted by Crippen LogP contribution is 2.21. The SMILES string of the molecule is CCCNCc1ccc(NC(C)=O)cc1O. The lowest BCUT2D eigenvalue weighted by Crippen LogP contribution is -2.14. The van der Waals surface area contributed by atoms with Crippen LogP contribution in [0.4, 0.5) is 5.69 Å². The molecule has 0 saturated carbocycles. The fourth-order valence-corrected chi connectivity index (χ4v) is 1.39. The van der Waals surface area contributed by atoms with Gasteiger partial charge in [0.15, 0.2) is 0 Å². The molecule has 0 atom stereocenters. The molecule has 0 unspecified atom stereocenters. The molecular weight excluding hydrogens is 204 g/mol. The van der Waals surface area contributed by atoms with Gasteiger partial charge >= 0.3 is 0 Å². The van der Waals surface area contributed by atoms with Gasteiger partial charge in [0, 0.05) is 30.8 Å². The van der Waals surface area contributed by atoms with E-state index in [4.69, 9.17) is 0 Å². The summed E-state index contributed by atoms with van der Waals surface area (Å²) in [5.41, 5.74) is 1.45. The number of aromatic hydroxyl groups is 1. The molecule has 4 heteroatoms. The van der Waals surface area contributed by atoms with Crippen molar-refractivity contribution in [2.24, 2.45) is 0 Å².